The van der Waals surface area contributed by atoms with Crippen LogP contribution in [0.4, 0.5) is 0 Å². The highest BCUT2D eigenvalue weighted by Gasteiger charge is 2.16. The van der Waals surface area contributed by atoms with Crippen molar-refractivity contribution in [3.8, 4) is 17.2 Å². The third kappa shape index (κ3) is 3.82. The number of nitrogens with zero attached hydrogens (tertiary/aromatic N) is 3. The first-order chi connectivity index (χ1) is 13.2. The summed E-state index contributed by atoms with van der Waals surface area (Å²) in [6.07, 6.45) is 2.90. The summed E-state index contributed by atoms with van der Waals surface area (Å²) >= 11 is 3.56. The fourth-order valence-electron chi connectivity index (χ4n) is 2.70. The lowest BCUT2D eigenvalue weighted by atomic mass is 10.2. The number of ether oxygens (including phenoxy) is 4. The molecule has 0 atom stereocenters. The number of H-pyrrole nitrogens is 1. The fraction of sp³-hybridized carbons (Fsp3) is 0.353. The molecule has 0 bridgehead atoms. The SMILES string of the molecule is O=c1[nH]cnc2c1ncn2-c1cc2c(cc1Br)OCCOCCOCCO2. The van der Waals surface area contributed by atoms with Crippen molar-refractivity contribution in [2.45, 2.75) is 0 Å². The van der Waals surface area contributed by atoms with Crippen LogP contribution in [-0.2, 0) is 9.47 Å². The first-order valence-electron chi connectivity index (χ1n) is 8.40. The van der Waals surface area contributed by atoms with Crippen molar-refractivity contribution >= 4 is 27.1 Å². The molecule has 4 rings (SSSR count). The average Bonchev–Trinajstić information content (AvgIpc) is 3.08. The lowest BCUT2D eigenvalue weighted by Crippen LogP contribution is -2.16. The van der Waals surface area contributed by atoms with E-state index in [4.69, 9.17) is 18.9 Å². The van der Waals surface area contributed by atoms with Crippen LogP contribution in [0.2, 0.25) is 0 Å². The molecule has 9 nitrogen and oxygen atoms in total. The zero-order chi connectivity index (χ0) is 18.6. The van der Waals surface area contributed by atoms with Crippen molar-refractivity contribution in [1.82, 2.24) is 19.5 Å². The number of benzene rings is 1. The van der Waals surface area contributed by atoms with E-state index in [1.165, 1.54) is 6.33 Å². The number of hydrogen-bond donors (Lipinski definition) is 1. The Morgan fingerprint density at radius 3 is 2.37 bits per heavy atom. The molecule has 3 heterocycles. The molecule has 1 aliphatic rings. The molecule has 1 N–H and O–H groups in total. The Hall–Kier alpha value is -2.43. The normalized spacial score (nSPS) is 15.9. The molecule has 27 heavy (non-hydrogen) atoms. The first-order valence-corrected chi connectivity index (χ1v) is 9.19. The van der Waals surface area contributed by atoms with E-state index < -0.39 is 0 Å². The lowest BCUT2D eigenvalue weighted by Gasteiger charge is -2.17. The first kappa shape index (κ1) is 18.0. The van der Waals surface area contributed by atoms with Crippen molar-refractivity contribution < 1.29 is 18.9 Å². The van der Waals surface area contributed by atoms with Crippen LogP contribution in [0.25, 0.3) is 16.9 Å². The second-order valence-corrected chi connectivity index (χ2v) is 6.54. The van der Waals surface area contributed by atoms with Crippen molar-refractivity contribution in [2.24, 2.45) is 0 Å². The van der Waals surface area contributed by atoms with E-state index in [0.29, 0.717) is 56.8 Å². The van der Waals surface area contributed by atoms with Gasteiger partial charge < -0.3 is 23.9 Å². The van der Waals surface area contributed by atoms with Gasteiger partial charge in [-0.1, -0.05) is 0 Å². The van der Waals surface area contributed by atoms with Crippen LogP contribution >= 0.6 is 15.9 Å². The molecule has 0 saturated carbocycles. The van der Waals surface area contributed by atoms with Crippen LogP contribution in [0.1, 0.15) is 0 Å². The van der Waals surface area contributed by atoms with Crippen molar-refractivity contribution in [3.63, 3.8) is 0 Å². The summed E-state index contributed by atoms with van der Waals surface area (Å²) in [5.41, 5.74) is 1.14. The van der Waals surface area contributed by atoms with E-state index in [-0.39, 0.29) is 11.1 Å². The molecule has 0 amide bonds. The summed E-state index contributed by atoms with van der Waals surface area (Å²) in [6, 6.07) is 3.63. The van der Waals surface area contributed by atoms with Gasteiger partial charge in [-0.25, -0.2) is 9.97 Å². The maximum Gasteiger partial charge on any atom is 0.278 e. The fourth-order valence-corrected chi connectivity index (χ4v) is 3.21. The summed E-state index contributed by atoms with van der Waals surface area (Å²) in [5.74, 6) is 1.15. The quantitative estimate of drug-likeness (QED) is 0.618. The number of halogens is 1. The Morgan fingerprint density at radius 1 is 0.963 bits per heavy atom. The van der Waals surface area contributed by atoms with Gasteiger partial charge in [0.1, 0.15) is 19.5 Å². The highest BCUT2D eigenvalue weighted by Crippen LogP contribution is 2.36. The van der Waals surface area contributed by atoms with E-state index in [0.717, 1.165) is 10.2 Å². The molecule has 1 aliphatic heterocycles. The van der Waals surface area contributed by atoms with Crippen LogP contribution in [0.5, 0.6) is 11.5 Å². The number of aromatic nitrogens is 4. The number of hydrogen-bond acceptors (Lipinski definition) is 7. The third-order valence-electron chi connectivity index (χ3n) is 3.96. The van der Waals surface area contributed by atoms with Gasteiger partial charge in [-0.2, -0.15) is 0 Å². The molecule has 1 aromatic carbocycles. The van der Waals surface area contributed by atoms with Gasteiger partial charge in [0.15, 0.2) is 22.7 Å². The average molecular weight is 437 g/mol. The van der Waals surface area contributed by atoms with Crippen LogP contribution < -0.4 is 15.0 Å². The molecule has 0 spiro atoms. The highest BCUT2D eigenvalue weighted by atomic mass is 79.9. The minimum Gasteiger partial charge on any atom is -0.487 e. The Morgan fingerprint density at radius 2 is 1.63 bits per heavy atom. The standard InChI is InChI=1S/C17H17BrN4O5/c18-11-7-13-14(27-6-4-25-2-1-24-3-5-26-13)8-12(11)22-10-21-15-16(22)19-9-20-17(15)23/h7-10H,1-6H2,(H,19,20,23). The maximum absolute atomic E-state index is 11.9. The van der Waals surface area contributed by atoms with E-state index in [9.17, 15) is 4.79 Å². The molecule has 0 unspecified atom stereocenters. The Labute approximate surface area is 162 Å². The molecule has 0 radical (unpaired) electrons. The number of imidazole rings is 1. The second kappa shape index (κ2) is 8.07. The molecule has 0 saturated heterocycles. The predicted molar refractivity (Wildman–Crippen MR) is 99.8 cm³/mol. The van der Waals surface area contributed by atoms with E-state index >= 15 is 0 Å². The summed E-state index contributed by atoms with van der Waals surface area (Å²) in [5, 5.41) is 0. The highest BCUT2D eigenvalue weighted by molar-refractivity contribution is 9.10. The van der Waals surface area contributed by atoms with E-state index in [2.05, 4.69) is 30.9 Å². The van der Waals surface area contributed by atoms with Gasteiger partial charge in [-0.15, -0.1) is 0 Å². The van der Waals surface area contributed by atoms with Gasteiger partial charge in [0, 0.05) is 16.6 Å². The number of nitrogens with one attached hydrogen (secondary N) is 1. The Kier molecular flexibility index (Phi) is 5.37. The molecule has 142 valence electrons. The smallest absolute Gasteiger partial charge is 0.278 e. The number of fused-ring (bicyclic) bond motifs is 2. The topological polar surface area (TPSA) is 100 Å². The Balaban J connectivity index is 1.74. The summed E-state index contributed by atoms with van der Waals surface area (Å²) in [4.78, 5) is 22.8. The molecule has 0 aliphatic carbocycles. The minimum atomic E-state index is -0.294. The lowest BCUT2D eigenvalue weighted by molar-refractivity contribution is 0.0223. The van der Waals surface area contributed by atoms with Gasteiger partial charge in [0.25, 0.3) is 5.56 Å². The van der Waals surface area contributed by atoms with Gasteiger partial charge in [0.05, 0.1) is 38.4 Å². The summed E-state index contributed by atoms with van der Waals surface area (Å²) < 4.78 is 25.0. The van der Waals surface area contributed by atoms with Crippen molar-refractivity contribution in [2.75, 3.05) is 39.6 Å². The molecular weight excluding hydrogens is 420 g/mol. The molecule has 2 aromatic heterocycles. The monoisotopic (exact) mass is 436 g/mol. The zero-order valence-electron chi connectivity index (χ0n) is 14.3. The van der Waals surface area contributed by atoms with Gasteiger partial charge in [-0.05, 0) is 15.9 Å². The van der Waals surface area contributed by atoms with Crippen LogP contribution in [0.3, 0.4) is 0 Å². The van der Waals surface area contributed by atoms with Crippen molar-refractivity contribution in [3.05, 3.63) is 39.6 Å². The van der Waals surface area contributed by atoms with Crippen LogP contribution in [0.15, 0.2) is 34.1 Å². The molecule has 0 fully saturated rings. The number of aromatic amines is 1. The van der Waals surface area contributed by atoms with Gasteiger partial charge in [0.2, 0.25) is 0 Å². The van der Waals surface area contributed by atoms with Crippen molar-refractivity contribution in [1.29, 1.82) is 0 Å². The Bertz CT molecular complexity index is 1000. The maximum atomic E-state index is 11.9. The molecule has 10 heteroatoms. The second-order valence-electron chi connectivity index (χ2n) is 5.69. The molecule has 3 aromatic rings. The number of rotatable bonds is 1. The largest absolute Gasteiger partial charge is 0.487 e. The predicted octanol–water partition coefficient (Wildman–Crippen LogP) is 1.68. The summed E-state index contributed by atoms with van der Waals surface area (Å²) in [7, 11) is 0. The molecular formula is C17H17BrN4O5. The zero-order valence-corrected chi connectivity index (χ0v) is 15.9. The van der Waals surface area contributed by atoms with Crippen LogP contribution in [-0.4, -0.2) is 59.2 Å². The van der Waals surface area contributed by atoms with Gasteiger partial charge in [-0.3, -0.25) is 9.36 Å². The minimum absolute atomic E-state index is 0.264. The third-order valence-corrected chi connectivity index (χ3v) is 4.59. The van der Waals surface area contributed by atoms with Crippen LogP contribution in [0, 0.1) is 0 Å². The summed E-state index contributed by atoms with van der Waals surface area (Å²) in [6.45, 7) is 2.72. The van der Waals surface area contributed by atoms with Gasteiger partial charge >= 0.3 is 0 Å². The van der Waals surface area contributed by atoms with E-state index in [1.807, 2.05) is 12.1 Å². The van der Waals surface area contributed by atoms with E-state index in [1.54, 1.807) is 10.9 Å².